The van der Waals surface area contributed by atoms with Gasteiger partial charge >= 0.3 is 0 Å². The third kappa shape index (κ3) is 3.69. The molecule has 0 heterocycles. The molecule has 0 N–H and O–H groups in total. The quantitative estimate of drug-likeness (QED) is 0.472. The van der Waals surface area contributed by atoms with Crippen LogP contribution in [0.4, 0.5) is 17.1 Å². The Kier molecular flexibility index (Phi) is 4.39. The molecule has 0 amide bonds. The van der Waals surface area contributed by atoms with Crippen LogP contribution in [0.2, 0.25) is 0 Å². The van der Waals surface area contributed by atoms with E-state index >= 15 is 0 Å². The van der Waals surface area contributed by atoms with Gasteiger partial charge in [-0.15, -0.1) is 0 Å². The number of halogens is 1. The number of nitro benzene ring substituents is 2. The van der Waals surface area contributed by atoms with E-state index in [0.29, 0.717) is 15.7 Å². The second-order valence-electron chi connectivity index (χ2n) is 4.00. The summed E-state index contributed by atoms with van der Waals surface area (Å²) in [4.78, 5) is 24.5. The molecule has 0 saturated carbocycles. The number of nitro groups is 2. The molecule has 0 radical (unpaired) electrons. The van der Waals surface area contributed by atoms with Gasteiger partial charge in [0.15, 0.2) is 0 Å². The van der Waals surface area contributed by atoms with Crippen LogP contribution < -0.4 is 0 Å². The fourth-order valence-electron chi connectivity index (χ4n) is 1.59. The Morgan fingerprint density at radius 1 is 1.05 bits per heavy atom. The van der Waals surface area contributed by atoms with E-state index in [1.807, 2.05) is 0 Å². The molecule has 0 fully saturated rings. The van der Waals surface area contributed by atoms with Crippen molar-refractivity contribution in [3.8, 4) is 0 Å². The van der Waals surface area contributed by atoms with Crippen LogP contribution in [0.3, 0.4) is 0 Å². The zero-order valence-corrected chi connectivity index (χ0v) is 12.1. The van der Waals surface area contributed by atoms with Crippen LogP contribution in [0.1, 0.15) is 5.56 Å². The number of benzene rings is 2. The van der Waals surface area contributed by atoms with Crippen LogP contribution in [0.25, 0.3) is 0 Å². The van der Waals surface area contributed by atoms with Crippen molar-refractivity contribution in [3.63, 3.8) is 0 Å². The van der Waals surface area contributed by atoms with E-state index in [1.54, 1.807) is 18.2 Å². The Morgan fingerprint density at radius 3 is 2.48 bits per heavy atom. The largest absolute Gasteiger partial charge is 0.284 e. The van der Waals surface area contributed by atoms with Crippen molar-refractivity contribution >= 4 is 39.2 Å². The molecule has 0 aliphatic heterocycles. The van der Waals surface area contributed by atoms with Crippen molar-refractivity contribution < 1.29 is 9.85 Å². The highest BCUT2D eigenvalue weighted by atomic mass is 79.9. The van der Waals surface area contributed by atoms with Crippen LogP contribution >= 0.6 is 15.9 Å². The topological polar surface area (TPSA) is 98.6 Å². The minimum Gasteiger partial charge on any atom is -0.258 e. The molecule has 106 valence electrons. The minimum atomic E-state index is -0.510. The number of hydrogen-bond donors (Lipinski definition) is 0. The minimum absolute atomic E-state index is 0.0635. The Labute approximate surface area is 127 Å². The van der Waals surface area contributed by atoms with Gasteiger partial charge in [-0.25, -0.2) is 0 Å². The predicted octanol–water partition coefficient (Wildman–Crippen LogP) is 4.02. The van der Waals surface area contributed by atoms with Crippen LogP contribution in [0.15, 0.2) is 51.9 Å². The number of aliphatic imine (C=N–C) groups is 1. The number of nitrogens with zero attached hydrogens (tertiary/aromatic N) is 3. The van der Waals surface area contributed by atoms with Gasteiger partial charge in [0.2, 0.25) is 0 Å². The molecule has 0 aliphatic rings. The maximum atomic E-state index is 10.8. The van der Waals surface area contributed by atoms with E-state index in [9.17, 15) is 20.2 Å². The lowest BCUT2D eigenvalue weighted by atomic mass is 10.2. The van der Waals surface area contributed by atoms with Gasteiger partial charge in [0.25, 0.3) is 11.4 Å². The monoisotopic (exact) mass is 349 g/mol. The first-order chi connectivity index (χ1) is 9.97. The summed E-state index contributed by atoms with van der Waals surface area (Å²) >= 11 is 3.09. The van der Waals surface area contributed by atoms with Gasteiger partial charge in [-0.3, -0.25) is 25.2 Å². The molecule has 21 heavy (non-hydrogen) atoms. The van der Waals surface area contributed by atoms with Gasteiger partial charge in [-0.1, -0.05) is 12.1 Å². The summed E-state index contributed by atoms with van der Waals surface area (Å²) in [6, 6.07) is 10.4. The van der Waals surface area contributed by atoms with Gasteiger partial charge < -0.3 is 0 Å². The Balaban J connectivity index is 2.29. The van der Waals surface area contributed by atoms with Crippen molar-refractivity contribution in [1.29, 1.82) is 0 Å². The maximum absolute atomic E-state index is 10.8. The molecular weight excluding hydrogens is 342 g/mol. The summed E-state index contributed by atoms with van der Waals surface area (Å²) < 4.78 is 0.375. The van der Waals surface area contributed by atoms with E-state index in [1.165, 1.54) is 30.5 Å². The average Bonchev–Trinajstić information content (AvgIpc) is 2.46. The third-order valence-corrected chi connectivity index (χ3v) is 3.24. The molecule has 8 heteroatoms. The van der Waals surface area contributed by atoms with Crippen LogP contribution in [-0.2, 0) is 0 Å². The van der Waals surface area contributed by atoms with Crippen molar-refractivity contribution in [2.24, 2.45) is 4.99 Å². The summed E-state index contributed by atoms with van der Waals surface area (Å²) in [5, 5.41) is 21.5. The van der Waals surface area contributed by atoms with E-state index in [0.717, 1.165) is 0 Å². The molecule has 2 aromatic carbocycles. The summed E-state index contributed by atoms with van der Waals surface area (Å²) in [6.45, 7) is 0. The molecule has 0 saturated heterocycles. The van der Waals surface area contributed by atoms with Gasteiger partial charge in [0.1, 0.15) is 0 Å². The summed E-state index contributed by atoms with van der Waals surface area (Å²) in [7, 11) is 0. The number of rotatable bonds is 4. The van der Waals surface area contributed by atoms with Crippen molar-refractivity contribution in [1.82, 2.24) is 0 Å². The van der Waals surface area contributed by atoms with Crippen molar-refractivity contribution in [2.75, 3.05) is 0 Å². The zero-order chi connectivity index (χ0) is 15.4. The molecule has 0 unspecified atom stereocenters. The fourth-order valence-corrected chi connectivity index (χ4v) is 1.98. The van der Waals surface area contributed by atoms with E-state index in [2.05, 4.69) is 20.9 Å². The molecule has 0 aromatic heterocycles. The Hall–Kier alpha value is -2.61. The maximum Gasteiger partial charge on any atom is 0.284 e. The number of hydrogen-bond acceptors (Lipinski definition) is 5. The predicted molar refractivity (Wildman–Crippen MR) is 81.1 cm³/mol. The lowest BCUT2D eigenvalue weighted by molar-refractivity contribution is -0.385. The highest BCUT2D eigenvalue weighted by molar-refractivity contribution is 9.10. The summed E-state index contributed by atoms with van der Waals surface area (Å²) in [5.74, 6) is 0. The third-order valence-electron chi connectivity index (χ3n) is 2.57. The second-order valence-corrected chi connectivity index (χ2v) is 4.86. The lowest BCUT2D eigenvalue weighted by Gasteiger charge is -1.98. The van der Waals surface area contributed by atoms with Crippen LogP contribution in [-0.4, -0.2) is 16.1 Å². The highest BCUT2D eigenvalue weighted by Crippen LogP contribution is 2.25. The SMILES string of the molecule is O=[N+]([O-])c1cccc(N=Cc2ccc(Br)c([N+](=O)[O-])c2)c1. The van der Waals surface area contributed by atoms with Crippen LogP contribution in [0, 0.1) is 20.2 Å². The van der Waals surface area contributed by atoms with E-state index in [4.69, 9.17) is 0 Å². The molecular formula is C13H8BrN3O4. The summed E-state index contributed by atoms with van der Waals surface area (Å²) in [6.07, 6.45) is 1.42. The Bertz CT molecular complexity index is 746. The fraction of sp³-hybridized carbons (Fsp3) is 0. The highest BCUT2D eigenvalue weighted by Gasteiger charge is 2.11. The molecule has 2 aromatic rings. The first kappa shape index (κ1) is 14.8. The first-order valence-electron chi connectivity index (χ1n) is 5.70. The van der Waals surface area contributed by atoms with Crippen molar-refractivity contribution in [2.45, 2.75) is 0 Å². The van der Waals surface area contributed by atoms with Gasteiger partial charge in [-0.05, 0) is 33.6 Å². The Morgan fingerprint density at radius 2 is 1.81 bits per heavy atom. The standard InChI is InChI=1S/C13H8BrN3O4/c14-12-5-4-9(6-13(12)17(20)21)8-15-10-2-1-3-11(7-10)16(18)19/h1-8H. The van der Waals surface area contributed by atoms with E-state index in [-0.39, 0.29) is 11.4 Å². The zero-order valence-electron chi connectivity index (χ0n) is 10.5. The molecule has 7 nitrogen and oxygen atoms in total. The lowest BCUT2D eigenvalue weighted by Crippen LogP contribution is -1.91. The van der Waals surface area contributed by atoms with Crippen molar-refractivity contribution in [3.05, 3.63) is 72.7 Å². The average molecular weight is 350 g/mol. The van der Waals surface area contributed by atoms with Gasteiger partial charge in [0, 0.05) is 24.4 Å². The molecule has 0 aliphatic carbocycles. The summed E-state index contributed by atoms with van der Waals surface area (Å²) in [5.41, 5.74) is 0.788. The van der Waals surface area contributed by atoms with E-state index < -0.39 is 9.85 Å². The first-order valence-corrected chi connectivity index (χ1v) is 6.49. The van der Waals surface area contributed by atoms with Gasteiger partial charge in [-0.2, -0.15) is 0 Å². The molecule has 0 atom stereocenters. The van der Waals surface area contributed by atoms with Crippen LogP contribution in [0.5, 0.6) is 0 Å². The second kappa shape index (κ2) is 6.23. The molecule has 2 rings (SSSR count). The molecule has 0 spiro atoms. The molecule has 0 bridgehead atoms. The normalized spacial score (nSPS) is 10.7. The van der Waals surface area contributed by atoms with Gasteiger partial charge in [0.05, 0.1) is 20.0 Å². The smallest absolute Gasteiger partial charge is 0.258 e. The number of non-ortho nitro benzene ring substituents is 1.